The number of anilines is 1. The van der Waals surface area contributed by atoms with Crippen LogP contribution in [0, 0.1) is 0 Å². The number of hydrogen-bond acceptors (Lipinski definition) is 5. The van der Waals surface area contributed by atoms with Crippen LogP contribution in [0.2, 0.25) is 0 Å². The number of nitrogens with one attached hydrogen (secondary N) is 1. The summed E-state index contributed by atoms with van der Waals surface area (Å²) in [7, 11) is 2.14. The fraction of sp³-hybridized carbons (Fsp3) is 0.786. The van der Waals surface area contributed by atoms with E-state index in [1.807, 2.05) is 18.0 Å². The van der Waals surface area contributed by atoms with E-state index in [0.29, 0.717) is 6.04 Å². The fourth-order valence-electron chi connectivity index (χ4n) is 1.56. The average Bonchev–Trinajstić information content (AvgIpc) is 2.80. The Balaban J connectivity index is 2.53. The first-order valence-corrected chi connectivity index (χ1v) is 8.96. The molecule has 0 aliphatic heterocycles. The number of rotatable bonds is 7. The van der Waals surface area contributed by atoms with Crippen LogP contribution in [0.4, 0.5) is 5.13 Å². The molecule has 0 radical (unpaired) electrons. The molecule has 0 fully saturated rings. The van der Waals surface area contributed by atoms with Gasteiger partial charge in [-0.1, -0.05) is 0 Å². The van der Waals surface area contributed by atoms with Gasteiger partial charge in [0.15, 0.2) is 5.13 Å². The summed E-state index contributed by atoms with van der Waals surface area (Å²) < 4.78 is 0. The van der Waals surface area contributed by atoms with Crippen molar-refractivity contribution in [2.75, 3.05) is 24.0 Å². The molecule has 3 nitrogen and oxygen atoms in total. The maximum absolute atomic E-state index is 4.54. The molecule has 0 spiro atoms. The minimum Gasteiger partial charge on any atom is -0.348 e. The van der Waals surface area contributed by atoms with Crippen LogP contribution in [0.1, 0.15) is 39.0 Å². The molecule has 1 atom stereocenters. The SMILES string of the molecule is CSCCC(C)N(C)c1ncc(CNC(C)(C)C)s1. The molecule has 110 valence electrons. The van der Waals surface area contributed by atoms with Gasteiger partial charge in [0.25, 0.3) is 0 Å². The van der Waals surface area contributed by atoms with Crippen molar-refractivity contribution in [1.82, 2.24) is 10.3 Å². The lowest BCUT2D eigenvalue weighted by atomic mass is 10.1. The van der Waals surface area contributed by atoms with E-state index in [1.165, 1.54) is 17.1 Å². The molecular weight excluding hydrogens is 274 g/mol. The summed E-state index contributed by atoms with van der Waals surface area (Å²) in [4.78, 5) is 8.14. The number of nitrogens with zero attached hydrogens (tertiary/aromatic N) is 2. The van der Waals surface area contributed by atoms with Crippen LogP contribution in [0.3, 0.4) is 0 Å². The lowest BCUT2D eigenvalue weighted by Gasteiger charge is -2.24. The van der Waals surface area contributed by atoms with Crippen LogP contribution < -0.4 is 10.2 Å². The standard InChI is InChI=1S/C14H27N3S2/c1-11(7-8-18-6)17(5)13-15-9-12(19-13)10-16-14(2,3)4/h9,11,16H,7-8,10H2,1-6H3. The van der Waals surface area contributed by atoms with Gasteiger partial charge in [-0.05, 0) is 46.1 Å². The molecule has 0 amide bonds. The molecule has 0 aliphatic rings. The van der Waals surface area contributed by atoms with Gasteiger partial charge in [-0.2, -0.15) is 11.8 Å². The van der Waals surface area contributed by atoms with Crippen LogP contribution in [0.25, 0.3) is 0 Å². The summed E-state index contributed by atoms with van der Waals surface area (Å²) in [6.45, 7) is 9.72. The van der Waals surface area contributed by atoms with E-state index in [9.17, 15) is 0 Å². The number of hydrogen-bond donors (Lipinski definition) is 1. The van der Waals surface area contributed by atoms with Gasteiger partial charge in [0.05, 0.1) is 0 Å². The highest BCUT2D eigenvalue weighted by atomic mass is 32.2. The van der Waals surface area contributed by atoms with Crippen molar-refractivity contribution in [3.8, 4) is 0 Å². The summed E-state index contributed by atoms with van der Waals surface area (Å²) in [6, 6.07) is 0.544. The van der Waals surface area contributed by atoms with Crippen molar-refractivity contribution in [1.29, 1.82) is 0 Å². The highest BCUT2D eigenvalue weighted by Crippen LogP contribution is 2.24. The molecule has 0 bridgehead atoms. The zero-order chi connectivity index (χ0) is 14.5. The molecule has 0 aromatic carbocycles. The third kappa shape index (κ3) is 6.15. The second-order valence-corrected chi connectivity index (χ2v) is 8.03. The Hall–Kier alpha value is -0.260. The molecule has 19 heavy (non-hydrogen) atoms. The van der Waals surface area contributed by atoms with E-state index in [1.54, 1.807) is 11.3 Å². The first-order valence-electron chi connectivity index (χ1n) is 6.75. The topological polar surface area (TPSA) is 28.2 Å². The molecule has 1 heterocycles. The minimum atomic E-state index is 0.154. The van der Waals surface area contributed by atoms with Crippen molar-refractivity contribution in [2.45, 2.75) is 52.2 Å². The lowest BCUT2D eigenvalue weighted by molar-refractivity contribution is 0.426. The maximum Gasteiger partial charge on any atom is 0.185 e. The Morgan fingerprint density at radius 1 is 1.47 bits per heavy atom. The average molecular weight is 302 g/mol. The highest BCUT2D eigenvalue weighted by Gasteiger charge is 2.14. The summed E-state index contributed by atoms with van der Waals surface area (Å²) in [6.07, 6.45) is 5.36. The molecule has 1 N–H and O–H groups in total. The van der Waals surface area contributed by atoms with Crippen molar-refractivity contribution < 1.29 is 0 Å². The first-order chi connectivity index (χ1) is 8.83. The van der Waals surface area contributed by atoms with E-state index in [-0.39, 0.29) is 5.54 Å². The molecular formula is C14H27N3S2. The van der Waals surface area contributed by atoms with Gasteiger partial charge in [0.1, 0.15) is 0 Å². The van der Waals surface area contributed by atoms with Crippen molar-refractivity contribution in [2.24, 2.45) is 0 Å². The van der Waals surface area contributed by atoms with Crippen LogP contribution in [-0.4, -0.2) is 35.6 Å². The predicted molar refractivity (Wildman–Crippen MR) is 89.6 cm³/mol. The summed E-state index contributed by atoms with van der Waals surface area (Å²) in [5, 5.41) is 4.63. The summed E-state index contributed by atoms with van der Waals surface area (Å²) in [5.41, 5.74) is 0.154. The van der Waals surface area contributed by atoms with Gasteiger partial charge in [-0.3, -0.25) is 0 Å². The fourth-order valence-corrected chi connectivity index (χ4v) is 3.06. The first kappa shape index (κ1) is 16.8. The van der Waals surface area contributed by atoms with Crippen LogP contribution in [0.15, 0.2) is 6.20 Å². The highest BCUT2D eigenvalue weighted by molar-refractivity contribution is 7.98. The summed E-state index contributed by atoms with van der Waals surface area (Å²) in [5.74, 6) is 1.20. The molecule has 0 aliphatic carbocycles. The van der Waals surface area contributed by atoms with Gasteiger partial charge < -0.3 is 10.2 Å². The van der Waals surface area contributed by atoms with E-state index in [2.05, 4.69) is 56.2 Å². The van der Waals surface area contributed by atoms with E-state index >= 15 is 0 Å². The predicted octanol–water partition coefficient (Wildman–Crippen LogP) is 3.61. The molecule has 0 saturated heterocycles. The summed E-state index contributed by atoms with van der Waals surface area (Å²) >= 11 is 3.69. The Bertz CT molecular complexity index is 371. The van der Waals surface area contributed by atoms with Gasteiger partial charge >= 0.3 is 0 Å². The smallest absolute Gasteiger partial charge is 0.185 e. The third-order valence-corrected chi connectivity index (χ3v) is 4.77. The Morgan fingerprint density at radius 3 is 2.74 bits per heavy atom. The minimum absolute atomic E-state index is 0.154. The normalized spacial score (nSPS) is 13.6. The van der Waals surface area contributed by atoms with E-state index in [4.69, 9.17) is 0 Å². The number of thioether (sulfide) groups is 1. The molecule has 5 heteroatoms. The van der Waals surface area contributed by atoms with E-state index in [0.717, 1.165) is 11.7 Å². The second-order valence-electron chi connectivity index (χ2n) is 5.95. The molecule has 1 unspecified atom stereocenters. The van der Waals surface area contributed by atoms with Crippen LogP contribution in [0.5, 0.6) is 0 Å². The zero-order valence-corrected chi connectivity index (χ0v) is 14.6. The number of aromatic nitrogens is 1. The van der Waals surface area contributed by atoms with Gasteiger partial charge in [0.2, 0.25) is 0 Å². The van der Waals surface area contributed by atoms with Crippen LogP contribution in [-0.2, 0) is 6.54 Å². The third-order valence-electron chi connectivity index (χ3n) is 3.04. The van der Waals surface area contributed by atoms with Gasteiger partial charge in [-0.15, -0.1) is 11.3 Å². The molecule has 0 saturated carbocycles. The quantitative estimate of drug-likeness (QED) is 0.833. The zero-order valence-electron chi connectivity index (χ0n) is 13.0. The lowest BCUT2D eigenvalue weighted by Crippen LogP contribution is -2.34. The second kappa shape index (κ2) is 7.50. The Labute approximate surface area is 126 Å². The monoisotopic (exact) mass is 301 g/mol. The van der Waals surface area contributed by atoms with Crippen LogP contribution >= 0.6 is 23.1 Å². The Morgan fingerprint density at radius 2 is 2.16 bits per heavy atom. The van der Waals surface area contributed by atoms with Gasteiger partial charge in [-0.25, -0.2) is 4.98 Å². The van der Waals surface area contributed by atoms with Crippen molar-refractivity contribution >= 4 is 28.2 Å². The van der Waals surface area contributed by atoms with Crippen molar-refractivity contribution in [3.05, 3.63) is 11.1 Å². The number of thiazole rings is 1. The van der Waals surface area contributed by atoms with Crippen molar-refractivity contribution in [3.63, 3.8) is 0 Å². The van der Waals surface area contributed by atoms with E-state index < -0.39 is 0 Å². The largest absolute Gasteiger partial charge is 0.348 e. The van der Waals surface area contributed by atoms with Gasteiger partial charge in [0, 0.05) is 36.2 Å². The molecule has 1 aromatic heterocycles. The maximum atomic E-state index is 4.54. The molecule has 1 aromatic rings. The molecule has 1 rings (SSSR count). The Kier molecular flexibility index (Phi) is 6.63.